The molecule has 1 fully saturated rings. The number of nitrogens with one attached hydrogen (secondary N) is 1. The molecule has 0 aromatic carbocycles. The van der Waals surface area contributed by atoms with E-state index in [9.17, 15) is 4.79 Å². The monoisotopic (exact) mass is 273 g/mol. The van der Waals surface area contributed by atoms with Gasteiger partial charge in [0.1, 0.15) is 5.69 Å². The van der Waals surface area contributed by atoms with Crippen molar-refractivity contribution in [2.45, 2.75) is 18.1 Å². The standard InChI is InChI=1S/C11H15N3OS.ClH/c12-8-3-4-10(13-6-8)11(15)14-7-9-2-1-5-16-9;/h3-4,6,9H,1-2,5,7,12H2,(H,14,15);1H. The van der Waals surface area contributed by atoms with Gasteiger partial charge in [-0.2, -0.15) is 11.8 Å². The summed E-state index contributed by atoms with van der Waals surface area (Å²) in [6.07, 6.45) is 3.95. The van der Waals surface area contributed by atoms with Crippen molar-refractivity contribution in [3.05, 3.63) is 24.0 Å². The van der Waals surface area contributed by atoms with E-state index < -0.39 is 0 Å². The molecule has 1 atom stereocenters. The Morgan fingerprint density at radius 1 is 1.59 bits per heavy atom. The van der Waals surface area contributed by atoms with Gasteiger partial charge < -0.3 is 11.1 Å². The minimum Gasteiger partial charge on any atom is -0.397 e. The molecule has 94 valence electrons. The van der Waals surface area contributed by atoms with E-state index in [2.05, 4.69) is 10.3 Å². The summed E-state index contributed by atoms with van der Waals surface area (Å²) in [6, 6.07) is 3.33. The summed E-state index contributed by atoms with van der Waals surface area (Å²) in [4.78, 5) is 15.7. The number of thioether (sulfide) groups is 1. The van der Waals surface area contributed by atoms with Crippen molar-refractivity contribution in [3.63, 3.8) is 0 Å². The molecule has 17 heavy (non-hydrogen) atoms. The summed E-state index contributed by atoms with van der Waals surface area (Å²) in [7, 11) is 0. The molecule has 4 nitrogen and oxygen atoms in total. The number of hydrogen-bond donors (Lipinski definition) is 2. The van der Waals surface area contributed by atoms with Gasteiger partial charge in [0.25, 0.3) is 5.91 Å². The Morgan fingerprint density at radius 2 is 2.41 bits per heavy atom. The Labute approximate surface area is 111 Å². The van der Waals surface area contributed by atoms with Gasteiger partial charge in [-0.15, -0.1) is 12.4 Å². The lowest BCUT2D eigenvalue weighted by atomic mass is 10.2. The number of nitrogens with zero attached hydrogens (tertiary/aromatic N) is 1. The topological polar surface area (TPSA) is 68.0 Å². The Bertz CT molecular complexity index is 365. The average molecular weight is 274 g/mol. The molecule has 1 amide bonds. The quantitative estimate of drug-likeness (QED) is 0.880. The lowest BCUT2D eigenvalue weighted by Gasteiger charge is -2.09. The summed E-state index contributed by atoms with van der Waals surface area (Å²) < 4.78 is 0. The molecule has 3 N–H and O–H groups in total. The molecule has 1 aliphatic heterocycles. The number of nitrogens with two attached hydrogens (primary N) is 1. The molecule has 1 unspecified atom stereocenters. The summed E-state index contributed by atoms with van der Waals surface area (Å²) in [6.45, 7) is 0.732. The Balaban J connectivity index is 0.00000144. The molecule has 1 aromatic rings. The van der Waals surface area contributed by atoms with Crippen LogP contribution in [0.2, 0.25) is 0 Å². The molecule has 1 aliphatic rings. The molecule has 0 saturated carbocycles. The maximum atomic E-state index is 11.7. The molecule has 2 heterocycles. The first kappa shape index (κ1) is 14.1. The molecular weight excluding hydrogens is 258 g/mol. The van der Waals surface area contributed by atoms with Crippen LogP contribution in [0.5, 0.6) is 0 Å². The number of carbonyl (C=O) groups is 1. The third-order valence-electron chi connectivity index (χ3n) is 2.53. The van der Waals surface area contributed by atoms with Gasteiger partial charge in [-0.1, -0.05) is 0 Å². The van der Waals surface area contributed by atoms with E-state index in [1.807, 2.05) is 11.8 Å². The van der Waals surface area contributed by atoms with Crippen molar-refractivity contribution in [3.8, 4) is 0 Å². The predicted octanol–water partition coefficient (Wildman–Crippen LogP) is 1.71. The van der Waals surface area contributed by atoms with Crippen LogP contribution >= 0.6 is 24.2 Å². The van der Waals surface area contributed by atoms with E-state index in [-0.39, 0.29) is 18.3 Å². The SMILES string of the molecule is Cl.Nc1ccc(C(=O)NCC2CCCS2)nc1. The zero-order valence-corrected chi connectivity index (χ0v) is 11.0. The van der Waals surface area contributed by atoms with Crippen LogP contribution in [0, 0.1) is 0 Å². The molecule has 0 aliphatic carbocycles. The third-order valence-corrected chi connectivity index (χ3v) is 3.93. The van der Waals surface area contributed by atoms with Gasteiger partial charge in [0.15, 0.2) is 0 Å². The van der Waals surface area contributed by atoms with Crippen LogP contribution < -0.4 is 11.1 Å². The Kier molecular flexibility index (Phi) is 5.58. The summed E-state index contributed by atoms with van der Waals surface area (Å²) in [5.74, 6) is 1.09. The minimum atomic E-state index is -0.118. The number of halogens is 1. The average Bonchev–Trinajstić information content (AvgIpc) is 2.80. The first-order chi connectivity index (χ1) is 7.75. The van der Waals surface area contributed by atoms with Gasteiger partial charge in [0.2, 0.25) is 0 Å². The van der Waals surface area contributed by atoms with Crippen LogP contribution in [0.3, 0.4) is 0 Å². The molecule has 1 aromatic heterocycles. The summed E-state index contributed by atoms with van der Waals surface area (Å²) >= 11 is 1.93. The predicted molar refractivity (Wildman–Crippen MR) is 73.7 cm³/mol. The van der Waals surface area contributed by atoms with E-state index >= 15 is 0 Å². The zero-order chi connectivity index (χ0) is 11.4. The summed E-state index contributed by atoms with van der Waals surface area (Å²) in [5, 5.41) is 3.46. The fourth-order valence-electron chi connectivity index (χ4n) is 1.64. The first-order valence-corrected chi connectivity index (χ1v) is 6.42. The van der Waals surface area contributed by atoms with Crippen LogP contribution in [0.4, 0.5) is 5.69 Å². The fourth-order valence-corrected chi connectivity index (χ4v) is 2.84. The van der Waals surface area contributed by atoms with Crippen molar-refractivity contribution in [2.75, 3.05) is 18.0 Å². The largest absolute Gasteiger partial charge is 0.397 e. The molecule has 1 saturated heterocycles. The van der Waals surface area contributed by atoms with Gasteiger partial charge in [-0.3, -0.25) is 4.79 Å². The highest BCUT2D eigenvalue weighted by molar-refractivity contribution is 8.00. The highest BCUT2D eigenvalue weighted by Gasteiger charge is 2.16. The van der Waals surface area contributed by atoms with Gasteiger partial charge >= 0.3 is 0 Å². The third kappa shape index (κ3) is 4.09. The molecule has 0 bridgehead atoms. The maximum Gasteiger partial charge on any atom is 0.269 e. The number of rotatable bonds is 3. The van der Waals surface area contributed by atoms with Crippen LogP contribution in [-0.4, -0.2) is 28.4 Å². The molecule has 6 heteroatoms. The van der Waals surface area contributed by atoms with Crippen molar-refractivity contribution in [1.29, 1.82) is 0 Å². The van der Waals surface area contributed by atoms with E-state index in [0.717, 1.165) is 6.54 Å². The van der Waals surface area contributed by atoms with Gasteiger partial charge in [-0.25, -0.2) is 4.98 Å². The van der Waals surface area contributed by atoms with Crippen molar-refractivity contribution in [1.82, 2.24) is 10.3 Å². The normalized spacial score (nSPS) is 18.5. The summed E-state index contributed by atoms with van der Waals surface area (Å²) in [5.41, 5.74) is 6.50. The zero-order valence-electron chi connectivity index (χ0n) is 9.39. The molecule has 0 radical (unpaired) electrons. The van der Waals surface area contributed by atoms with E-state index in [4.69, 9.17) is 5.73 Å². The van der Waals surface area contributed by atoms with Crippen molar-refractivity contribution >= 4 is 35.8 Å². The minimum absolute atomic E-state index is 0. The Hall–Kier alpha value is -0.940. The second-order valence-electron chi connectivity index (χ2n) is 3.82. The number of amides is 1. The van der Waals surface area contributed by atoms with E-state index in [1.165, 1.54) is 24.8 Å². The van der Waals surface area contributed by atoms with Gasteiger partial charge in [-0.05, 0) is 30.7 Å². The molecular formula is C11H16ClN3OS. The molecule has 0 spiro atoms. The number of aromatic nitrogens is 1. The maximum absolute atomic E-state index is 11.7. The second-order valence-corrected chi connectivity index (χ2v) is 5.23. The van der Waals surface area contributed by atoms with E-state index in [0.29, 0.717) is 16.6 Å². The highest BCUT2D eigenvalue weighted by atomic mass is 35.5. The number of hydrogen-bond acceptors (Lipinski definition) is 4. The lowest BCUT2D eigenvalue weighted by Crippen LogP contribution is -2.30. The Morgan fingerprint density at radius 3 is 3.00 bits per heavy atom. The van der Waals surface area contributed by atoms with E-state index in [1.54, 1.807) is 12.1 Å². The number of pyridine rings is 1. The first-order valence-electron chi connectivity index (χ1n) is 5.37. The van der Waals surface area contributed by atoms with Gasteiger partial charge in [0.05, 0.1) is 11.9 Å². The van der Waals surface area contributed by atoms with Crippen molar-refractivity contribution < 1.29 is 4.79 Å². The second kappa shape index (κ2) is 6.71. The number of carbonyl (C=O) groups excluding carboxylic acids is 1. The lowest BCUT2D eigenvalue weighted by molar-refractivity contribution is 0.0949. The number of anilines is 1. The van der Waals surface area contributed by atoms with Crippen LogP contribution in [0.25, 0.3) is 0 Å². The number of nitrogen functional groups attached to an aromatic ring is 1. The van der Waals surface area contributed by atoms with Crippen LogP contribution in [-0.2, 0) is 0 Å². The van der Waals surface area contributed by atoms with Crippen LogP contribution in [0.15, 0.2) is 18.3 Å². The fraction of sp³-hybridized carbons (Fsp3) is 0.455. The smallest absolute Gasteiger partial charge is 0.269 e. The molecule has 2 rings (SSSR count). The van der Waals surface area contributed by atoms with Crippen molar-refractivity contribution in [2.24, 2.45) is 0 Å². The van der Waals surface area contributed by atoms with Crippen LogP contribution in [0.1, 0.15) is 23.3 Å². The van der Waals surface area contributed by atoms with Gasteiger partial charge in [0, 0.05) is 11.8 Å². The highest BCUT2D eigenvalue weighted by Crippen LogP contribution is 2.25.